The van der Waals surface area contributed by atoms with Gasteiger partial charge in [0.25, 0.3) is 5.88 Å². The average molecular weight is 378 g/mol. The van der Waals surface area contributed by atoms with Crippen LogP contribution in [0.2, 0.25) is 5.02 Å². The number of carbonyl (C=O) groups is 1. The summed E-state index contributed by atoms with van der Waals surface area (Å²) in [7, 11) is 0. The first-order valence-corrected chi connectivity index (χ1v) is 8.65. The quantitative estimate of drug-likeness (QED) is 0.855. The monoisotopic (exact) mass is 377 g/mol. The molecule has 1 saturated carbocycles. The zero-order chi connectivity index (χ0) is 18.9. The summed E-state index contributed by atoms with van der Waals surface area (Å²) in [4.78, 5) is 28.2. The summed E-state index contributed by atoms with van der Waals surface area (Å²) in [6, 6.07) is 4.91. The molecule has 0 saturated heterocycles. The Morgan fingerprint density at radius 2 is 2.08 bits per heavy atom. The Kier molecular flexibility index (Phi) is 4.91. The highest BCUT2D eigenvalue weighted by molar-refractivity contribution is 6.32. The van der Waals surface area contributed by atoms with E-state index in [1.54, 1.807) is 43.7 Å². The van der Waals surface area contributed by atoms with Crippen molar-refractivity contribution in [1.82, 2.24) is 9.55 Å². The summed E-state index contributed by atoms with van der Waals surface area (Å²) < 4.78 is 12.4. The van der Waals surface area contributed by atoms with Crippen molar-refractivity contribution in [1.29, 1.82) is 0 Å². The van der Waals surface area contributed by atoms with Crippen molar-refractivity contribution < 1.29 is 14.3 Å². The van der Waals surface area contributed by atoms with Crippen LogP contribution in [0.3, 0.4) is 0 Å². The molecule has 0 radical (unpaired) electrons. The summed E-state index contributed by atoms with van der Waals surface area (Å²) >= 11 is 6.21. The Hall–Kier alpha value is -2.54. The second-order valence-electron chi connectivity index (χ2n) is 7.05. The number of aromatic nitrogens is 2. The van der Waals surface area contributed by atoms with E-state index in [1.165, 1.54) is 12.3 Å². The van der Waals surface area contributed by atoms with Crippen LogP contribution in [-0.4, -0.2) is 21.2 Å². The maximum atomic E-state index is 12.4. The number of amides is 1. The van der Waals surface area contributed by atoms with E-state index < -0.39 is 11.7 Å². The van der Waals surface area contributed by atoms with Crippen molar-refractivity contribution in [3.05, 3.63) is 46.0 Å². The van der Waals surface area contributed by atoms with Gasteiger partial charge in [-0.2, -0.15) is 0 Å². The fourth-order valence-corrected chi connectivity index (χ4v) is 2.52. The fourth-order valence-electron chi connectivity index (χ4n) is 2.30. The third-order valence-corrected chi connectivity index (χ3v) is 3.86. The first-order valence-electron chi connectivity index (χ1n) is 8.27. The van der Waals surface area contributed by atoms with E-state index in [-0.39, 0.29) is 28.3 Å². The van der Waals surface area contributed by atoms with Crippen LogP contribution >= 0.6 is 11.6 Å². The topological polar surface area (TPSA) is 82.4 Å². The molecule has 1 aromatic heterocycles. The normalized spacial score (nSPS) is 14.0. The molecule has 3 rings (SSSR count). The highest BCUT2D eigenvalue weighted by atomic mass is 35.5. The number of carbonyl (C=O) groups excluding carboxylic acids is 1. The standard InChI is InChI=1S/C18H20ClN3O4/c1-18(2,3)26-17(24)21-11-4-7-14(13(19)10-11)25-15-16(23)22(9-8-20-15)12-5-6-12/h4,7-10,12H,5-6H2,1-3H3,(H,21,24). The molecule has 0 atom stereocenters. The number of hydrogen-bond donors (Lipinski definition) is 1. The highest BCUT2D eigenvalue weighted by Crippen LogP contribution is 2.34. The zero-order valence-electron chi connectivity index (χ0n) is 14.8. The predicted octanol–water partition coefficient (Wildman–Crippen LogP) is 4.37. The Morgan fingerprint density at radius 1 is 1.35 bits per heavy atom. The van der Waals surface area contributed by atoms with Crippen molar-refractivity contribution in [2.45, 2.75) is 45.3 Å². The number of rotatable bonds is 4. The molecule has 138 valence electrons. The Bertz CT molecular complexity index is 885. The second-order valence-corrected chi connectivity index (χ2v) is 7.46. The minimum Gasteiger partial charge on any atom is -0.444 e. The van der Waals surface area contributed by atoms with Gasteiger partial charge in [0, 0.05) is 24.1 Å². The van der Waals surface area contributed by atoms with E-state index in [9.17, 15) is 9.59 Å². The summed E-state index contributed by atoms with van der Waals surface area (Å²) in [5.41, 5.74) is -0.438. The predicted molar refractivity (Wildman–Crippen MR) is 98.2 cm³/mol. The second kappa shape index (κ2) is 6.99. The lowest BCUT2D eigenvalue weighted by molar-refractivity contribution is 0.0636. The average Bonchev–Trinajstić information content (AvgIpc) is 3.34. The molecule has 0 bridgehead atoms. The van der Waals surface area contributed by atoms with Gasteiger partial charge < -0.3 is 14.0 Å². The van der Waals surface area contributed by atoms with Gasteiger partial charge in [-0.1, -0.05) is 11.6 Å². The van der Waals surface area contributed by atoms with E-state index in [1.807, 2.05) is 0 Å². The van der Waals surface area contributed by atoms with Gasteiger partial charge in [0.15, 0.2) is 0 Å². The summed E-state index contributed by atoms with van der Waals surface area (Å²) in [5, 5.41) is 2.83. The number of benzene rings is 1. The van der Waals surface area contributed by atoms with Gasteiger partial charge in [-0.3, -0.25) is 10.1 Å². The van der Waals surface area contributed by atoms with Crippen LogP contribution in [0.5, 0.6) is 11.6 Å². The molecular formula is C18H20ClN3O4. The molecule has 1 amide bonds. The Labute approximate surface area is 155 Å². The van der Waals surface area contributed by atoms with Crippen molar-refractivity contribution >= 4 is 23.4 Å². The number of hydrogen-bond acceptors (Lipinski definition) is 5. The van der Waals surface area contributed by atoms with Gasteiger partial charge in [-0.25, -0.2) is 9.78 Å². The van der Waals surface area contributed by atoms with Crippen LogP contribution in [0.1, 0.15) is 39.7 Å². The van der Waals surface area contributed by atoms with Gasteiger partial charge in [-0.05, 0) is 51.8 Å². The SMILES string of the molecule is CC(C)(C)OC(=O)Nc1ccc(Oc2nccn(C3CC3)c2=O)c(Cl)c1. The van der Waals surface area contributed by atoms with Crippen LogP contribution in [0.4, 0.5) is 10.5 Å². The molecule has 8 heteroatoms. The minimum absolute atomic E-state index is 0.0332. The first-order chi connectivity index (χ1) is 12.2. The highest BCUT2D eigenvalue weighted by Gasteiger charge is 2.26. The van der Waals surface area contributed by atoms with Crippen molar-refractivity contribution in [2.24, 2.45) is 0 Å². The largest absolute Gasteiger partial charge is 0.444 e. The molecule has 1 N–H and O–H groups in total. The van der Waals surface area contributed by atoms with E-state index in [0.29, 0.717) is 5.69 Å². The van der Waals surface area contributed by atoms with Gasteiger partial charge in [0.2, 0.25) is 0 Å². The van der Waals surface area contributed by atoms with Gasteiger partial charge in [0.1, 0.15) is 11.4 Å². The number of nitrogens with one attached hydrogen (secondary N) is 1. The molecule has 26 heavy (non-hydrogen) atoms. The molecule has 1 fully saturated rings. The molecule has 0 spiro atoms. The first kappa shape index (κ1) is 18.3. The number of ether oxygens (including phenoxy) is 2. The summed E-state index contributed by atoms with van der Waals surface area (Å²) in [6.45, 7) is 5.33. The minimum atomic E-state index is -0.600. The fraction of sp³-hybridized carbons (Fsp3) is 0.389. The van der Waals surface area contributed by atoms with Crippen molar-refractivity contribution in [3.63, 3.8) is 0 Å². The van der Waals surface area contributed by atoms with E-state index >= 15 is 0 Å². The zero-order valence-corrected chi connectivity index (χ0v) is 15.5. The van der Waals surface area contributed by atoms with Crippen LogP contribution < -0.4 is 15.6 Å². The van der Waals surface area contributed by atoms with E-state index in [0.717, 1.165) is 12.8 Å². The number of halogens is 1. The molecular weight excluding hydrogens is 358 g/mol. The number of nitrogens with zero attached hydrogens (tertiary/aromatic N) is 2. The summed E-state index contributed by atoms with van der Waals surface area (Å²) in [6.07, 6.45) is 4.56. The lowest BCUT2D eigenvalue weighted by Gasteiger charge is -2.19. The molecule has 1 aliphatic rings. The third kappa shape index (κ3) is 4.54. The Balaban J connectivity index is 1.73. The molecule has 0 unspecified atom stereocenters. The lowest BCUT2D eigenvalue weighted by atomic mass is 10.2. The Morgan fingerprint density at radius 3 is 2.69 bits per heavy atom. The van der Waals surface area contributed by atoms with Gasteiger partial charge in [0.05, 0.1) is 5.02 Å². The summed E-state index contributed by atoms with van der Waals surface area (Å²) in [5.74, 6) is 0.244. The number of anilines is 1. The lowest BCUT2D eigenvalue weighted by Crippen LogP contribution is -2.27. The van der Waals surface area contributed by atoms with Gasteiger partial charge in [-0.15, -0.1) is 0 Å². The van der Waals surface area contributed by atoms with Crippen molar-refractivity contribution in [2.75, 3.05) is 5.32 Å². The molecule has 1 aromatic carbocycles. The van der Waals surface area contributed by atoms with Crippen molar-refractivity contribution in [3.8, 4) is 11.6 Å². The van der Waals surface area contributed by atoms with Crippen LogP contribution in [0, 0.1) is 0 Å². The maximum Gasteiger partial charge on any atom is 0.412 e. The van der Waals surface area contributed by atoms with Gasteiger partial charge >= 0.3 is 11.7 Å². The molecule has 2 aromatic rings. The molecule has 1 aliphatic carbocycles. The maximum absolute atomic E-state index is 12.4. The van der Waals surface area contributed by atoms with Crippen LogP contribution in [0.15, 0.2) is 35.4 Å². The molecule has 0 aliphatic heterocycles. The van der Waals surface area contributed by atoms with Crippen LogP contribution in [0.25, 0.3) is 0 Å². The van der Waals surface area contributed by atoms with Crippen LogP contribution in [-0.2, 0) is 4.74 Å². The smallest absolute Gasteiger partial charge is 0.412 e. The van der Waals surface area contributed by atoms with E-state index in [2.05, 4.69) is 10.3 Å². The third-order valence-electron chi connectivity index (χ3n) is 3.56. The molecule has 7 nitrogen and oxygen atoms in total. The van der Waals surface area contributed by atoms with E-state index in [4.69, 9.17) is 21.1 Å². The molecule has 1 heterocycles.